The number of nitrogen functional groups attached to an aromatic ring is 2. The fourth-order valence-corrected chi connectivity index (χ4v) is 14.1. The van der Waals surface area contributed by atoms with E-state index in [1.807, 2.05) is 22.8 Å². The highest BCUT2D eigenvalue weighted by Crippen LogP contribution is 2.45. The molecule has 4 aromatic carbocycles. The van der Waals surface area contributed by atoms with Crippen molar-refractivity contribution in [3.05, 3.63) is 121 Å². The molecule has 62 heavy (non-hydrogen) atoms. The zero-order valence-corrected chi connectivity index (χ0v) is 37.7. The number of ether oxygens (including phenoxy) is 1. The van der Waals surface area contributed by atoms with Crippen LogP contribution in [0.25, 0.3) is 28.3 Å². The molecule has 2 aliphatic heterocycles. The SMILES string of the molecule is COc1cc(N2CCC(N3CCN(C)CC3)CC2)c(N)c(-c2cc(-n3c(CCCO[Si](c4ccccc4)(c4ccccc4)C(C)(C)C)nnc3-c3ccc(F)cc3)ccn2)c1N. The number of benzene rings is 4. The van der Waals surface area contributed by atoms with Crippen LogP contribution >= 0.6 is 0 Å². The van der Waals surface area contributed by atoms with Crippen LogP contribution in [0.1, 0.15) is 45.9 Å². The summed E-state index contributed by atoms with van der Waals surface area (Å²) in [6.07, 6.45) is 5.14. The molecule has 0 unspecified atom stereocenters. The number of piperazine rings is 1. The summed E-state index contributed by atoms with van der Waals surface area (Å²) in [4.78, 5) is 12.3. The molecule has 0 bridgehead atoms. The fourth-order valence-electron chi connectivity index (χ4n) is 9.49. The number of hydrogen-bond acceptors (Lipinski definition) is 10. The van der Waals surface area contributed by atoms with Crippen LogP contribution in [0.5, 0.6) is 5.75 Å². The van der Waals surface area contributed by atoms with Gasteiger partial charge in [0, 0.05) is 76.2 Å². The van der Waals surface area contributed by atoms with Gasteiger partial charge in [0.15, 0.2) is 5.82 Å². The zero-order chi connectivity index (χ0) is 43.4. The molecule has 0 atom stereocenters. The molecule has 13 heteroatoms. The van der Waals surface area contributed by atoms with E-state index in [4.69, 9.17) is 35.8 Å². The number of nitrogens with two attached hydrogens (primary N) is 2. The van der Waals surface area contributed by atoms with Crippen molar-refractivity contribution in [3.63, 3.8) is 0 Å². The molecule has 2 aliphatic rings. The first-order chi connectivity index (χ1) is 30.0. The largest absolute Gasteiger partial charge is 0.494 e. The lowest BCUT2D eigenvalue weighted by molar-refractivity contribution is 0.0982. The average Bonchev–Trinajstić information content (AvgIpc) is 3.71. The molecule has 2 aromatic heterocycles. The Hall–Kier alpha value is -5.60. The molecule has 8 rings (SSSR count). The van der Waals surface area contributed by atoms with Crippen LogP contribution in [0.15, 0.2) is 109 Å². The second-order valence-corrected chi connectivity index (χ2v) is 22.0. The molecule has 2 saturated heterocycles. The Morgan fingerprint density at radius 2 is 1.44 bits per heavy atom. The van der Waals surface area contributed by atoms with E-state index in [0.29, 0.717) is 59.7 Å². The van der Waals surface area contributed by atoms with Crippen molar-refractivity contribution >= 4 is 35.8 Å². The van der Waals surface area contributed by atoms with Gasteiger partial charge in [0.2, 0.25) is 0 Å². The van der Waals surface area contributed by atoms with Gasteiger partial charge in [0.05, 0.1) is 41.1 Å². The van der Waals surface area contributed by atoms with Crippen molar-refractivity contribution in [2.45, 2.75) is 57.5 Å². The second-order valence-electron chi connectivity index (χ2n) is 17.7. The van der Waals surface area contributed by atoms with E-state index in [2.05, 4.69) is 103 Å². The minimum atomic E-state index is -2.74. The number of aromatic nitrogens is 4. The van der Waals surface area contributed by atoms with Crippen LogP contribution in [0, 0.1) is 5.82 Å². The number of rotatable bonds is 13. The van der Waals surface area contributed by atoms with Gasteiger partial charge in [-0.2, -0.15) is 0 Å². The molecule has 0 amide bonds. The lowest BCUT2D eigenvalue weighted by Crippen LogP contribution is -2.66. The number of hydrogen-bond donors (Lipinski definition) is 2. The molecule has 0 radical (unpaired) electrons. The second kappa shape index (κ2) is 18.4. The average molecular weight is 854 g/mol. The Kier molecular flexibility index (Phi) is 12.8. The molecule has 0 saturated carbocycles. The summed E-state index contributed by atoms with van der Waals surface area (Å²) in [5, 5.41) is 11.8. The third-order valence-corrected chi connectivity index (χ3v) is 17.8. The predicted molar refractivity (Wildman–Crippen MR) is 252 cm³/mol. The lowest BCUT2D eigenvalue weighted by Gasteiger charge is -2.43. The van der Waals surface area contributed by atoms with E-state index in [-0.39, 0.29) is 10.9 Å². The smallest absolute Gasteiger partial charge is 0.261 e. The van der Waals surface area contributed by atoms with Crippen molar-refractivity contribution in [2.24, 2.45) is 0 Å². The van der Waals surface area contributed by atoms with Crippen molar-refractivity contribution in [1.82, 2.24) is 29.5 Å². The van der Waals surface area contributed by atoms with E-state index in [0.717, 1.165) is 74.9 Å². The van der Waals surface area contributed by atoms with E-state index >= 15 is 0 Å². The molecule has 11 nitrogen and oxygen atoms in total. The first-order valence-corrected chi connectivity index (χ1v) is 23.7. The number of piperidine rings is 1. The molecule has 0 spiro atoms. The Bertz CT molecular complexity index is 2390. The molecule has 6 aromatic rings. The lowest BCUT2D eigenvalue weighted by atomic mass is 9.98. The third kappa shape index (κ3) is 8.59. The maximum absolute atomic E-state index is 14.2. The minimum absolute atomic E-state index is 0.149. The first-order valence-electron chi connectivity index (χ1n) is 21.8. The number of likely N-dealkylation sites (N-methyl/N-ethyl adjacent to an activating group) is 1. The third-order valence-electron chi connectivity index (χ3n) is 12.8. The molecular weight excluding hydrogens is 794 g/mol. The van der Waals surface area contributed by atoms with E-state index < -0.39 is 8.32 Å². The molecular formula is C49H60FN9O2Si. The summed E-state index contributed by atoms with van der Waals surface area (Å²) >= 11 is 0. The Morgan fingerprint density at radius 1 is 0.790 bits per heavy atom. The summed E-state index contributed by atoms with van der Waals surface area (Å²) in [6.45, 7) is 13.6. The quantitative estimate of drug-likeness (QED) is 0.0712. The zero-order valence-electron chi connectivity index (χ0n) is 36.7. The van der Waals surface area contributed by atoms with Crippen LogP contribution in [-0.4, -0.2) is 104 Å². The maximum atomic E-state index is 14.2. The van der Waals surface area contributed by atoms with Crippen LogP contribution in [0.2, 0.25) is 5.04 Å². The van der Waals surface area contributed by atoms with Gasteiger partial charge in [-0.3, -0.25) is 14.5 Å². The number of pyridine rings is 1. The van der Waals surface area contributed by atoms with Crippen LogP contribution < -0.4 is 31.5 Å². The van der Waals surface area contributed by atoms with Crippen molar-refractivity contribution in [2.75, 3.05) is 76.4 Å². The molecule has 4 N–H and O–H groups in total. The van der Waals surface area contributed by atoms with Gasteiger partial charge >= 0.3 is 0 Å². The molecule has 324 valence electrons. The Labute approximate surface area is 366 Å². The van der Waals surface area contributed by atoms with Crippen LogP contribution in [0.4, 0.5) is 21.5 Å². The summed E-state index contributed by atoms with van der Waals surface area (Å²) in [5.74, 6) is 1.55. The fraction of sp³-hybridized carbons (Fsp3) is 0.367. The summed E-state index contributed by atoms with van der Waals surface area (Å²) in [6, 6.07) is 34.1. The summed E-state index contributed by atoms with van der Waals surface area (Å²) in [5.41, 5.74) is 18.6. The number of nitrogens with zero attached hydrogens (tertiary/aromatic N) is 7. The topological polar surface area (TPSA) is 124 Å². The highest BCUT2D eigenvalue weighted by molar-refractivity contribution is 6.99. The maximum Gasteiger partial charge on any atom is 0.261 e. The van der Waals surface area contributed by atoms with Gasteiger partial charge in [-0.15, -0.1) is 10.2 Å². The number of aryl methyl sites for hydroxylation is 1. The van der Waals surface area contributed by atoms with Gasteiger partial charge in [-0.1, -0.05) is 81.4 Å². The standard InChI is InChI=1S/C49H60FN9O2Si/c1-49(2,3)62(39-13-8-6-9-14-39,40-15-10-7-11-16-40)61-32-12-17-44-54-55-48(35-18-20-36(50)21-19-35)59(44)38-22-25-53-41(33-38)45-46(51)42(34-43(60-5)47(45)52)58-26-23-37(24-27-58)57-30-28-56(4)29-31-57/h6-11,13-16,18-22,25,33-34,37H,12,17,23-24,26-32,51-52H2,1-5H3. The van der Waals surface area contributed by atoms with Crippen LogP contribution in [-0.2, 0) is 10.8 Å². The van der Waals surface area contributed by atoms with Crippen molar-refractivity contribution in [1.29, 1.82) is 0 Å². The normalized spacial score (nSPS) is 15.9. The highest BCUT2D eigenvalue weighted by atomic mass is 28.4. The van der Waals surface area contributed by atoms with Crippen molar-refractivity contribution < 1.29 is 13.6 Å². The van der Waals surface area contributed by atoms with E-state index in [1.54, 1.807) is 25.4 Å². The van der Waals surface area contributed by atoms with Crippen LogP contribution in [0.3, 0.4) is 0 Å². The van der Waals surface area contributed by atoms with Gasteiger partial charge < -0.3 is 30.4 Å². The highest BCUT2D eigenvalue weighted by Gasteiger charge is 2.50. The van der Waals surface area contributed by atoms with E-state index in [1.165, 1.54) is 22.5 Å². The molecule has 4 heterocycles. The van der Waals surface area contributed by atoms with Gasteiger partial charge in [-0.25, -0.2) is 4.39 Å². The number of halogens is 1. The van der Waals surface area contributed by atoms with Gasteiger partial charge in [0.1, 0.15) is 17.4 Å². The van der Waals surface area contributed by atoms with E-state index in [9.17, 15) is 4.39 Å². The van der Waals surface area contributed by atoms with Gasteiger partial charge in [0.25, 0.3) is 8.32 Å². The Balaban J connectivity index is 1.10. The minimum Gasteiger partial charge on any atom is -0.494 e. The molecule has 0 aliphatic carbocycles. The summed E-state index contributed by atoms with van der Waals surface area (Å²) in [7, 11) is 1.09. The Morgan fingerprint density at radius 3 is 2.05 bits per heavy atom. The number of methoxy groups -OCH3 is 1. The monoisotopic (exact) mass is 853 g/mol. The van der Waals surface area contributed by atoms with Crippen molar-refractivity contribution in [3.8, 4) is 34.1 Å². The molecule has 2 fully saturated rings. The predicted octanol–water partition coefficient (Wildman–Crippen LogP) is 7.03. The first kappa shape index (κ1) is 43.1. The number of anilines is 3. The summed E-state index contributed by atoms with van der Waals surface area (Å²) < 4.78 is 29.4. The van der Waals surface area contributed by atoms with Gasteiger partial charge in [-0.05, 0) is 78.1 Å².